The van der Waals surface area contributed by atoms with E-state index in [0.717, 1.165) is 177 Å². The van der Waals surface area contributed by atoms with Gasteiger partial charge in [-0.3, -0.25) is 36.5 Å². The Kier molecular flexibility index (Phi) is 15.5. The highest BCUT2D eigenvalue weighted by Crippen LogP contribution is 2.44. The zero-order valence-electron chi connectivity index (χ0n) is 68.7. The first-order chi connectivity index (χ1) is 63.5. The molecule has 0 atom stereocenters. The predicted molar refractivity (Wildman–Crippen MR) is 525 cm³/mol. The molecule has 14 nitrogen and oxygen atoms in total. The second-order valence-corrected chi connectivity index (χ2v) is 32.9. The molecule has 12 aromatic heterocycles. The topological polar surface area (TPSA) is 117 Å². The van der Waals surface area contributed by atoms with E-state index in [1.165, 1.54) is 43.1 Å². The number of hydrogen-bond acceptors (Lipinski definition) is 6. The summed E-state index contributed by atoms with van der Waals surface area (Å²) in [5, 5.41) is 18.7. The number of benzene rings is 16. The maximum absolute atomic E-state index is 5.65. The largest absolute Gasteiger partial charge is 0.294 e. The van der Waals surface area contributed by atoms with Gasteiger partial charge in [-0.15, -0.1) is 0 Å². The van der Waals surface area contributed by atoms with Crippen molar-refractivity contribution in [3.8, 4) is 69.3 Å². The van der Waals surface area contributed by atoms with Crippen LogP contribution >= 0.6 is 0 Å². The van der Waals surface area contributed by atoms with Gasteiger partial charge in [-0.1, -0.05) is 291 Å². The van der Waals surface area contributed by atoms with Crippen LogP contribution in [0.3, 0.4) is 0 Å². The Balaban J connectivity index is 0.000000132. The molecule has 0 spiro atoms. The van der Waals surface area contributed by atoms with Crippen molar-refractivity contribution in [2.45, 2.75) is 0 Å². The molecule has 28 rings (SSSR count). The third-order valence-electron chi connectivity index (χ3n) is 26.0. The lowest BCUT2D eigenvalue weighted by atomic mass is 10.1. The Bertz CT molecular complexity index is 7480. The van der Waals surface area contributed by atoms with Crippen LogP contribution in [0.1, 0.15) is 0 Å². The van der Waals surface area contributed by atoms with Crippen molar-refractivity contribution >= 4 is 174 Å². The molecule has 0 amide bonds. The quantitative estimate of drug-likeness (QED) is 0.135. The Morgan fingerprint density at radius 1 is 0.117 bits per heavy atom. The zero-order valence-corrected chi connectivity index (χ0v) is 68.7. The van der Waals surface area contributed by atoms with Gasteiger partial charge in [0.05, 0.1) is 99.7 Å². The molecule has 0 fully saturated rings. The van der Waals surface area contributed by atoms with E-state index in [4.69, 9.17) is 29.9 Å². The molecule has 0 N–H and O–H groups in total. The summed E-state index contributed by atoms with van der Waals surface area (Å²) < 4.78 is 18.2. The Labute approximate surface area is 730 Å². The van der Waals surface area contributed by atoms with Crippen LogP contribution in [0.5, 0.6) is 0 Å². The first-order valence-electron chi connectivity index (χ1n) is 43.3. The maximum Gasteiger partial charge on any atom is 0.237 e. The number of aromatic nitrogens is 14. The van der Waals surface area contributed by atoms with Gasteiger partial charge in [0.25, 0.3) is 0 Å². The number of rotatable bonds is 10. The number of para-hydroxylation sites is 16. The second-order valence-electron chi connectivity index (χ2n) is 32.9. The summed E-state index contributed by atoms with van der Waals surface area (Å²) in [6.07, 6.45) is 0. The summed E-state index contributed by atoms with van der Waals surface area (Å²) in [6, 6.07) is 151. The number of hydrogen-bond donors (Lipinski definition) is 0. The Hall–Kier alpha value is -17.6. The van der Waals surface area contributed by atoms with Crippen LogP contribution in [0.25, 0.3) is 244 Å². The van der Waals surface area contributed by atoms with Gasteiger partial charge in [0.1, 0.15) is 34.9 Å². The van der Waals surface area contributed by atoms with Crippen molar-refractivity contribution in [1.82, 2.24) is 66.4 Å². The van der Waals surface area contributed by atoms with Crippen LogP contribution in [0.15, 0.2) is 425 Å². The summed E-state index contributed by atoms with van der Waals surface area (Å²) in [5.41, 5.74) is 20.5. The number of fused-ring (bicyclic) bond motifs is 24. The fraction of sp³-hybridized carbons (Fsp3) is 0. The maximum atomic E-state index is 5.65. The first-order valence-corrected chi connectivity index (χ1v) is 43.3. The first kappa shape index (κ1) is 71.0. The molecule has 0 saturated heterocycles. The highest BCUT2D eigenvalue weighted by molar-refractivity contribution is 6.16. The van der Waals surface area contributed by atoms with Crippen molar-refractivity contribution < 1.29 is 0 Å². The molecule has 28 aromatic rings. The molecule has 12 heterocycles. The third-order valence-corrected chi connectivity index (χ3v) is 26.0. The second kappa shape index (κ2) is 28.0. The van der Waals surface area contributed by atoms with Gasteiger partial charge < -0.3 is 0 Å². The fourth-order valence-electron chi connectivity index (χ4n) is 20.6. The molecular formula is C114H70N14. The average molecular weight is 1640 g/mol. The van der Waals surface area contributed by atoms with Gasteiger partial charge in [0.15, 0.2) is 0 Å². The van der Waals surface area contributed by atoms with Crippen molar-refractivity contribution in [2.24, 2.45) is 0 Å². The Morgan fingerprint density at radius 3 is 0.391 bits per heavy atom. The molecule has 128 heavy (non-hydrogen) atoms. The summed E-state index contributed by atoms with van der Waals surface area (Å²) in [4.78, 5) is 33.4. The molecule has 0 unspecified atom stereocenters. The van der Waals surface area contributed by atoms with E-state index in [-0.39, 0.29) is 0 Å². The fourth-order valence-corrected chi connectivity index (χ4v) is 20.6. The molecule has 16 aromatic carbocycles. The smallest absolute Gasteiger partial charge is 0.237 e. The molecule has 0 aliphatic heterocycles. The number of nitrogens with zero attached hydrogens (tertiary/aromatic N) is 14. The summed E-state index contributed by atoms with van der Waals surface area (Å²) in [7, 11) is 0. The molecule has 14 heteroatoms. The third kappa shape index (κ3) is 10.7. The molecule has 0 bridgehead atoms. The van der Waals surface area contributed by atoms with E-state index in [0.29, 0.717) is 23.3 Å². The van der Waals surface area contributed by atoms with Gasteiger partial charge in [0.2, 0.25) is 11.9 Å². The average Bonchev–Trinajstić information content (AvgIpc) is 1.57. The van der Waals surface area contributed by atoms with Gasteiger partial charge in [-0.2, -0.15) is 9.97 Å². The summed E-state index contributed by atoms with van der Waals surface area (Å²) in [6.45, 7) is 0. The lowest BCUT2D eigenvalue weighted by Gasteiger charge is -2.17. The van der Waals surface area contributed by atoms with E-state index >= 15 is 0 Å². The lowest BCUT2D eigenvalue weighted by molar-refractivity contribution is 0.930. The lowest BCUT2D eigenvalue weighted by Crippen LogP contribution is -2.10. The van der Waals surface area contributed by atoms with Crippen LogP contribution in [0.4, 0.5) is 0 Å². The minimum absolute atomic E-state index is 0.544. The van der Waals surface area contributed by atoms with Crippen LogP contribution in [0.2, 0.25) is 0 Å². The van der Waals surface area contributed by atoms with E-state index in [1.54, 1.807) is 0 Å². The van der Waals surface area contributed by atoms with Crippen LogP contribution in [-0.2, 0) is 0 Å². The van der Waals surface area contributed by atoms with E-state index < -0.39 is 0 Å². The summed E-state index contributed by atoms with van der Waals surface area (Å²) >= 11 is 0. The molecule has 0 saturated carbocycles. The van der Waals surface area contributed by atoms with Crippen molar-refractivity contribution in [3.63, 3.8) is 0 Å². The van der Waals surface area contributed by atoms with E-state index in [1.807, 2.05) is 0 Å². The normalized spacial score (nSPS) is 12.1. The minimum Gasteiger partial charge on any atom is -0.294 e. The van der Waals surface area contributed by atoms with Crippen LogP contribution in [0, 0.1) is 0 Å². The SMILES string of the molecule is c1ccc2c(c1)c1ccccc1n2-c1cc(-c2cc(-n3c4ccccc4c4ccccc43)nc(-n3c4ccccc4c4ccccc43)c2)cc(-n2c3ccccc3c3ccccc32)n1.c1ccc2c(c1)c1ccccc1n2-c1cc(-c2cc(-n3c4ccccc4c4ccccc43)nc(-n3c4ccccc4c4ccccc43)n2)nc(-n2c3ccccc3c3ccccc32)n1. The monoisotopic (exact) mass is 1630 g/mol. The predicted octanol–water partition coefficient (Wildman–Crippen LogP) is 27.9. The molecule has 0 aliphatic rings. The highest BCUT2D eigenvalue weighted by atomic mass is 15.2. The van der Waals surface area contributed by atoms with Gasteiger partial charge in [0, 0.05) is 98.3 Å². The molecule has 0 aliphatic carbocycles. The van der Waals surface area contributed by atoms with Crippen LogP contribution in [-0.4, -0.2) is 66.4 Å². The van der Waals surface area contributed by atoms with Crippen molar-refractivity contribution in [3.05, 3.63) is 425 Å². The zero-order chi connectivity index (χ0) is 83.8. The standard InChI is InChI=1S/C58H36N6.C56H34N8/c1-9-25-47-39(17-1)40-18-2-10-26-48(40)61(47)55-33-37(34-56(59-55)62-49-27-11-3-19-41(49)42-20-4-12-28-50(42)62)38-35-57(63-51-29-13-5-21-43(51)44-22-6-14-30-52(44)63)60-58(36-38)64-53-31-15-7-23-45(53)46-24-8-16-32-54(46)64;1-9-25-45-35(17-1)36-18-2-10-26-46(36)61(45)53-33-43(57-55(59-53)63-49-29-13-5-21-39(49)40-22-6-14-30-50(40)63)44-34-54(62-47-27-11-3-19-37(47)38-20-4-12-28-48(38)62)60-56(58-44)64-51-31-15-7-23-41(51)42-24-8-16-32-52(42)64/h1-36H;1-34H. The highest BCUT2D eigenvalue weighted by Gasteiger charge is 2.28. The molecule has 0 radical (unpaired) electrons. The number of pyridine rings is 2. The van der Waals surface area contributed by atoms with Gasteiger partial charge in [-0.05, 0) is 132 Å². The van der Waals surface area contributed by atoms with Gasteiger partial charge in [-0.25, -0.2) is 19.9 Å². The van der Waals surface area contributed by atoms with Crippen molar-refractivity contribution in [2.75, 3.05) is 0 Å². The molecular weight excluding hydrogens is 1570 g/mol. The van der Waals surface area contributed by atoms with E-state index in [2.05, 4.69) is 461 Å². The van der Waals surface area contributed by atoms with Crippen molar-refractivity contribution in [1.29, 1.82) is 0 Å². The summed E-state index contributed by atoms with van der Waals surface area (Å²) in [5.74, 6) is 5.88. The Morgan fingerprint density at radius 2 is 0.242 bits per heavy atom. The van der Waals surface area contributed by atoms with Gasteiger partial charge >= 0.3 is 0 Å². The van der Waals surface area contributed by atoms with E-state index in [9.17, 15) is 0 Å². The molecule has 596 valence electrons. The minimum atomic E-state index is 0.544. The van der Waals surface area contributed by atoms with Crippen LogP contribution < -0.4 is 0 Å².